The van der Waals surface area contributed by atoms with Crippen molar-refractivity contribution in [3.8, 4) is 5.88 Å². The number of hydrogen-bond acceptors (Lipinski definition) is 4. The summed E-state index contributed by atoms with van der Waals surface area (Å²) in [6.45, 7) is 5.76. The Morgan fingerprint density at radius 3 is 2.64 bits per heavy atom. The maximum Gasteiger partial charge on any atom is 0.218 e. The van der Waals surface area contributed by atoms with Crippen molar-refractivity contribution in [2.45, 2.75) is 39.5 Å². The molecule has 0 atom stereocenters. The molecule has 0 bridgehead atoms. The summed E-state index contributed by atoms with van der Waals surface area (Å²) in [4.78, 5) is 8.93. The minimum atomic E-state index is 0.669. The fraction of sp³-hybridized carbons (Fsp3) is 0.444. The van der Waals surface area contributed by atoms with E-state index in [1.807, 2.05) is 12.1 Å². The predicted molar refractivity (Wildman–Crippen MR) is 90.4 cm³/mol. The van der Waals surface area contributed by atoms with Crippen LogP contribution in [-0.4, -0.2) is 23.1 Å². The van der Waals surface area contributed by atoms with Crippen molar-refractivity contribution in [3.05, 3.63) is 47.8 Å². The lowest BCUT2D eigenvalue weighted by atomic mass is 10.1. The topological polar surface area (TPSA) is 47.0 Å². The van der Waals surface area contributed by atoms with Gasteiger partial charge in [0.15, 0.2) is 0 Å². The monoisotopic (exact) mass is 299 g/mol. The second-order valence-electron chi connectivity index (χ2n) is 5.23. The molecule has 2 rings (SSSR count). The first kappa shape index (κ1) is 16.3. The predicted octanol–water partition coefficient (Wildman–Crippen LogP) is 3.87. The van der Waals surface area contributed by atoms with Crippen LogP contribution < -0.4 is 10.1 Å². The summed E-state index contributed by atoms with van der Waals surface area (Å²) in [5.74, 6) is 2.33. The second kappa shape index (κ2) is 9.03. The highest BCUT2D eigenvalue weighted by Gasteiger charge is 2.04. The molecule has 22 heavy (non-hydrogen) atoms. The molecule has 0 saturated heterocycles. The lowest BCUT2D eigenvalue weighted by Gasteiger charge is -2.10. The zero-order valence-corrected chi connectivity index (χ0v) is 13.5. The second-order valence-corrected chi connectivity index (χ2v) is 5.23. The Bertz CT molecular complexity index is 558. The molecule has 0 spiro atoms. The molecule has 0 aliphatic heterocycles. The average Bonchev–Trinajstić information content (AvgIpc) is 2.56. The molecule has 0 unspecified atom stereocenters. The summed E-state index contributed by atoms with van der Waals surface area (Å²) in [7, 11) is 0. The molecular weight excluding hydrogens is 274 g/mol. The summed E-state index contributed by atoms with van der Waals surface area (Å²) >= 11 is 0. The summed E-state index contributed by atoms with van der Waals surface area (Å²) < 4.78 is 5.70. The van der Waals surface area contributed by atoms with Gasteiger partial charge >= 0.3 is 0 Å². The van der Waals surface area contributed by atoms with Crippen LogP contribution in [0.1, 0.15) is 38.1 Å². The number of nitrogens with one attached hydrogen (secondary N) is 1. The number of nitrogens with zero attached hydrogens (tertiary/aromatic N) is 2. The van der Waals surface area contributed by atoms with Gasteiger partial charge in [-0.25, -0.2) is 4.98 Å². The minimum Gasteiger partial charge on any atom is -0.478 e. The lowest BCUT2D eigenvalue weighted by molar-refractivity contribution is 0.296. The molecule has 0 fully saturated rings. The number of benzene rings is 1. The number of hydrogen-bond donors (Lipinski definition) is 1. The van der Waals surface area contributed by atoms with E-state index in [2.05, 4.69) is 53.4 Å². The SMILES string of the molecule is CCCCOc1cc(NCCc2ccccc2)nc(CC)n1. The number of rotatable bonds is 9. The van der Waals surface area contributed by atoms with E-state index in [0.29, 0.717) is 12.5 Å². The maximum absolute atomic E-state index is 5.70. The molecular formula is C18H25N3O. The van der Waals surface area contributed by atoms with Gasteiger partial charge in [-0.3, -0.25) is 0 Å². The Morgan fingerprint density at radius 2 is 1.91 bits per heavy atom. The van der Waals surface area contributed by atoms with Crippen LogP contribution in [0, 0.1) is 0 Å². The Balaban J connectivity index is 1.92. The van der Waals surface area contributed by atoms with Gasteiger partial charge in [0.05, 0.1) is 6.61 Å². The molecule has 1 heterocycles. The van der Waals surface area contributed by atoms with E-state index in [-0.39, 0.29) is 0 Å². The number of aromatic nitrogens is 2. The van der Waals surface area contributed by atoms with Crippen LogP contribution in [-0.2, 0) is 12.8 Å². The summed E-state index contributed by atoms with van der Waals surface area (Å²) in [5.41, 5.74) is 1.32. The number of ether oxygens (including phenoxy) is 1. The summed E-state index contributed by atoms with van der Waals surface area (Å²) in [6, 6.07) is 12.3. The molecule has 0 saturated carbocycles. The molecule has 1 aromatic carbocycles. The Morgan fingerprint density at radius 1 is 1.09 bits per heavy atom. The van der Waals surface area contributed by atoms with Crippen LogP contribution >= 0.6 is 0 Å². The first-order chi connectivity index (χ1) is 10.8. The first-order valence-electron chi connectivity index (χ1n) is 8.10. The minimum absolute atomic E-state index is 0.669. The molecule has 4 heteroatoms. The van der Waals surface area contributed by atoms with Crippen LogP contribution in [0.3, 0.4) is 0 Å². The highest BCUT2D eigenvalue weighted by Crippen LogP contribution is 2.14. The van der Waals surface area contributed by atoms with E-state index in [0.717, 1.165) is 43.9 Å². The molecule has 0 amide bonds. The van der Waals surface area contributed by atoms with Gasteiger partial charge in [0.2, 0.25) is 5.88 Å². The van der Waals surface area contributed by atoms with E-state index >= 15 is 0 Å². The molecule has 1 N–H and O–H groups in total. The highest BCUT2D eigenvalue weighted by atomic mass is 16.5. The van der Waals surface area contributed by atoms with Crippen LogP contribution in [0.4, 0.5) is 5.82 Å². The summed E-state index contributed by atoms with van der Waals surface area (Å²) in [5, 5.41) is 3.37. The Labute approximate surface area is 133 Å². The normalized spacial score (nSPS) is 10.5. The van der Waals surface area contributed by atoms with Gasteiger partial charge in [-0.2, -0.15) is 4.98 Å². The van der Waals surface area contributed by atoms with E-state index in [9.17, 15) is 0 Å². The third-order valence-corrected chi connectivity index (χ3v) is 3.38. The van der Waals surface area contributed by atoms with Crippen molar-refractivity contribution in [2.24, 2.45) is 0 Å². The van der Waals surface area contributed by atoms with Gasteiger partial charge in [0, 0.05) is 19.0 Å². The zero-order chi connectivity index (χ0) is 15.6. The lowest BCUT2D eigenvalue weighted by Crippen LogP contribution is -2.09. The maximum atomic E-state index is 5.70. The standard InChI is InChI=1S/C18H25N3O/c1-3-5-13-22-18-14-17(20-16(4-2)21-18)19-12-11-15-9-7-6-8-10-15/h6-10,14H,3-5,11-13H2,1-2H3,(H,19,20,21). The van der Waals surface area contributed by atoms with Gasteiger partial charge in [-0.1, -0.05) is 50.6 Å². The van der Waals surface area contributed by atoms with Crippen molar-refractivity contribution in [2.75, 3.05) is 18.5 Å². The Hall–Kier alpha value is -2.10. The van der Waals surface area contributed by atoms with Gasteiger partial charge in [-0.05, 0) is 18.4 Å². The van der Waals surface area contributed by atoms with Crippen LogP contribution in [0.5, 0.6) is 5.88 Å². The van der Waals surface area contributed by atoms with E-state index < -0.39 is 0 Å². The molecule has 0 radical (unpaired) electrons. The van der Waals surface area contributed by atoms with Crippen molar-refractivity contribution < 1.29 is 4.74 Å². The smallest absolute Gasteiger partial charge is 0.218 e. The van der Waals surface area contributed by atoms with E-state index in [1.54, 1.807) is 0 Å². The Kier molecular flexibility index (Phi) is 6.68. The van der Waals surface area contributed by atoms with Gasteiger partial charge in [0.1, 0.15) is 11.6 Å². The molecule has 4 nitrogen and oxygen atoms in total. The quantitative estimate of drug-likeness (QED) is 0.714. The molecule has 2 aromatic rings. The highest BCUT2D eigenvalue weighted by molar-refractivity contribution is 5.38. The van der Waals surface area contributed by atoms with Crippen molar-refractivity contribution in [1.29, 1.82) is 0 Å². The van der Waals surface area contributed by atoms with Crippen molar-refractivity contribution in [3.63, 3.8) is 0 Å². The van der Waals surface area contributed by atoms with E-state index in [1.165, 1.54) is 5.56 Å². The largest absolute Gasteiger partial charge is 0.478 e. The van der Waals surface area contributed by atoms with Crippen LogP contribution in [0.15, 0.2) is 36.4 Å². The van der Waals surface area contributed by atoms with Crippen LogP contribution in [0.2, 0.25) is 0 Å². The van der Waals surface area contributed by atoms with Crippen molar-refractivity contribution in [1.82, 2.24) is 9.97 Å². The van der Waals surface area contributed by atoms with Crippen LogP contribution in [0.25, 0.3) is 0 Å². The first-order valence-corrected chi connectivity index (χ1v) is 8.10. The molecule has 0 aliphatic rings. The van der Waals surface area contributed by atoms with Crippen molar-refractivity contribution >= 4 is 5.82 Å². The van der Waals surface area contributed by atoms with Gasteiger partial charge < -0.3 is 10.1 Å². The number of unbranched alkanes of at least 4 members (excludes halogenated alkanes) is 1. The molecule has 1 aromatic heterocycles. The van der Waals surface area contributed by atoms with Gasteiger partial charge in [-0.15, -0.1) is 0 Å². The average molecular weight is 299 g/mol. The fourth-order valence-electron chi connectivity index (χ4n) is 2.10. The fourth-order valence-corrected chi connectivity index (χ4v) is 2.10. The number of aryl methyl sites for hydroxylation is 1. The van der Waals surface area contributed by atoms with E-state index in [4.69, 9.17) is 4.74 Å². The molecule has 0 aliphatic carbocycles. The third kappa shape index (κ3) is 5.35. The third-order valence-electron chi connectivity index (χ3n) is 3.38. The summed E-state index contributed by atoms with van der Waals surface area (Å²) in [6.07, 6.45) is 3.94. The van der Waals surface area contributed by atoms with Gasteiger partial charge in [0.25, 0.3) is 0 Å². The molecule has 118 valence electrons. The zero-order valence-electron chi connectivity index (χ0n) is 13.5. The number of anilines is 1.